The molecule has 1 atom stereocenters. The molecule has 1 unspecified atom stereocenters. The lowest BCUT2D eigenvalue weighted by Crippen LogP contribution is -2.13. The summed E-state index contributed by atoms with van der Waals surface area (Å²) >= 11 is 5.81. The van der Waals surface area contributed by atoms with Gasteiger partial charge in [0.05, 0.1) is 17.0 Å². The third-order valence-corrected chi connectivity index (χ3v) is 2.43. The molecule has 0 aliphatic carbocycles. The van der Waals surface area contributed by atoms with E-state index in [1.807, 2.05) is 13.0 Å². The maximum atomic E-state index is 11.6. The molecule has 1 aromatic carbocycles. The molecule has 14 heavy (non-hydrogen) atoms. The number of Topliss-reactive ketones (excluding diaryl/α,β-unsaturated/α-hetero) is 1. The number of nitrogens with zero attached hydrogens (tertiary/aromatic N) is 1. The molecule has 0 fully saturated rings. The molecule has 0 spiro atoms. The molecule has 0 radical (unpaired) electrons. The molecule has 72 valence electrons. The first-order chi connectivity index (χ1) is 6.69. The van der Waals surface area contributed by atoms with Crippen molar-refractivity contribution < 1.29 is 4.79 Å². The van der Waals surface area contributed by atoms with Gasteiger partial charge >= 0.3 is 0 Å². The summed E-state index contributed by atoms with van der Waals surface area (Å²) in [5, 5.41) is 8.15. The molecule has 0 saturated heterocycles. The summed E-state index contributed by atoms with van der Waals surface area (Å²) in [6.07, 6.45) is 0.594. The maximum absolute atomic E-state index is 11.6. The van der Waals surface area contributed by atoms with Crippen LogP contribution >= 0.6 is 11.6 Å². The van der Waals surface area contributed by atoms with Gasteiger partial charge in [-0.2, -0.15) is 5.26 Å². The number of halogens is 1. The molecule has 3 heteroatoms. The Morgan fingerprint density at radius 2 is 2.36 bits per heavy atom. The van der Waals surface area contributed by atoms with Gasteiger partial charge in [0.1, 0.15) is 0 Å². The Morgan fingerprint density at radius 3 is 2.93 bits per heavy atom. The zero-order valence-corrected chi connectivity index (χ0v) is 8.58. The Balaban J connectivity index is 2.97. The second-order valence-corrected chi connectivity index (χ2v) is 3.46. The van der Waals surface area contributed by atoms with E-state index in [0.717, 1.165) is 0 Å². The van der Waals surface area contributed by atoms with E-state index < -0.39 is 5.38 Å². The average Bonchev–Trinajstić information content (AvgIpc) is 2.27. The number of carbonyl (C=O) groups excluding carboxylic acids is 1. The highest BCUT2D eigenvalue weighted by Gasteiger charge is 2.15. The number of nitriles is 1. The summed E-state index contributed by atoms with van der Waals surface area (Å²) in [6.45, 7) is 1.85. The molecule has 0 N–H and O–H groups in total. The van der Waals surface area contributed by atoms with Crippen molar-refractivity contribution in [2.24, 2.45) is 0 Å². The molecule has 0 heterocycles. The number of alkyl halides is 1. The quantitative estimate of drug-likeness (QED) is 0.565. The van der Waals surface area contributed by atoms with Crippen molar-refractivity contribution in [3.05, 3.63) is 35.4 Å². The third kappa shape index (κ3) is 2.34. The molecule has 2 nitrogen and oxygen atoms in total. The number of benzene rings is 1. The van der Waals surface area contributed by atoms with Crippen LogP contribution in [-0.4, -0.2) is 11.2 Å². The Kier molecular flexibility index (Phi) is 3.67. The molecular formula is C11H10ClNO. The number of hydrogen-bond acceptors (Lipinski definition) is 2. The van der Waals surface area contributed by atoms with Crippen LogP contribution in [0.1, 0.15) is 29.3 Å². The number of ketones is 1. The van der Waals surface area contributed by atoms with Crippen LogP contribution in [-0.2, 0) is 0 Å². The SMILES string of the molecule is CCC(Cl)C(=O)c1cccc(C#N)c1. The first kappa shape index (κ1) is 10.7. The molecule has 1 aromatic rings. The van der Waals surface area contributed by atoms with E-state index in [-0.39, 0.29) is 5.78 Å². The van der Waals surface area contributed by atoms with Crippen molar-refractivity contribution >= 4 is 17.4 Å². The summed E-state index contributed by atoms with van der Waals surface area (Å²) < 4.78 is 0. The van der Waals surface area contributed by atoms with Gasteiger partial charge in [-0.15, -0.1) is 11.6 Å². The Bertz CT molecular complexity index is 381. The number of carbonyl (C=O) groups is 1. The summed E-state index contributed by atoms with van der Waals surface area (Å²) in [5.74, 6) is -0.119. The van der Waals surface area contributed by atoms with Gasteiger partial charge in [-0.3, -0.25) is 4.79 Å². The standard InChI is InChI=1S/C11H10ClNO/c1-2-10(12)11(14)9-5-3-4-8(6-9)7-13/h3-6,10H,2H2,1H3. The fourth-order valence-electron chi connectivity index (χ4n) is 1.11. The third-order valence-electron chi connectivity index (χ3n) is 1.92. The zero-order chi connectivity index (χ0) is 10.6. The van der Waals surface area contributed by atoms with Crippen LogP contribution in [0.25, 0.3) is 0 Å². The Hall–Kier alpha value is -1.33. The van der Waals surface area contributed by atoms with Crippen molar-refractivity contribution in [2.75, 3.05) is 0 Å². The van der Waals surface area contributed by atoms with Gasteiger partial charge < -0.3 is 0 Å². The van der Waals surface area contributed by atoms with E-state index in [4.69, 9.17) is 16.9 Å². The first-order valence-electron chi connectivity index (χ1n) is 4.37. The van der Waals surface area contributed by atoms with Gasteiger partial charge in [-0.05, 0) is 18.6 Å². The molecule has 0 aromatic heterocycles. The molecule has 0 aliphatic rings. The van der Waals surface area contributed by atoms with Crippen molar-refractivity contribution in [1.82, 2.24) is 0 Å². The van der Waals surface area contributed by atoms with Crippen molar-refractivity contribution in [3.8, 4) is 6.07 Å². The van der Waals surface area contributed by atoms with Crippen LogP contribution in [0.4, 0.5) is 0 Å². The first-order valence-corrected chi connectivity index (χ1v) is 4.81. The summed E-state index contributed by atoms with van der Waals surface area (Å²) in [6, 6.07) is 8.57. The van der Waals surface area contributed by atoms with Crippen LogP contribution in [0.15, 0.2) is 24.3 Å². The number of hydrogen-bond donors (Lipinski definition) is 0. The Morgan fingerprint density at radius 1 is 1.64 bits per heavy atom. The summed E-state index contributed by atoms with van der Waals surface area (Å²) in [7, 11) is 0. The molecule has 0 saturated carbocycles. The largest absolute Gasteiger partial charge is 0.293 e. The fraction of sp³-hybridized carbons (Fsp3) is 0.273. The highest BCUT2D eigenvalue weighted by Crippen LogP contribution is 2.12. The van der Waals surface area contributed by atoms with Gasteiger partial charge in [0.2, 0.25) is 0 Å². The highest BCUT2D eigenvalue weighted by atomic mass is 35.5. The lowest BCUT2D eigenvalue weighted by atomic mass is 10.0. The minimum Gasteiger partial charge on any atom is -0.293 e. The predicted molar refractivity (Wildman–Crippen MR) is 55.4 cm³/mol. The fourth-order valence-corrected chi connectivity index (χ4v) is 1.23. The normalized spacial score (nSPS) is 11.8. The van der Waals surface area contributed by atoms with E-state index in [2.05, 4.69) is 0 Å². The van der Waals surface area contributed by atoms with Gasteiger partial charge in [0.15, 0.2) is 5.78 Å². The molecule has 0 amide bonds. The lowest BCUT2D eigenvalue weighted by Gasteiger charge is -2.04. The number of rotatable bonds is 3. The lowest BCUT2D eigenvalue weighted by molar-refractivity contribution is 0.0985. The van der Waals surface area contributed by atoms with Crippen molar-refractivity contribution in [1.29, 1.82) is 5.26 Å². The van der Waals surface area contributed by atoms with Crippen LogP contribution in [0.5, 0.6) is 0 Å². The van der Waals surface area contributed by atoms with Crippen molar-refractivity contribution in [2.45, 2.75) is 18.7 Å². The van der Waals surface area contributed by atoms with E-state index in [1.165, 1.54) is 0 Å². The van der Waals surface area contributed by atoms with Crippen LogP contribution in [0.3, 0.4) is 0 Å². The predicted octanol–water partition coefficient (Wildman–Crippen LogP) is 2.76. The topological polar surface area (TPSA) is 40.9 Å². The zero-order valence-electron chi connectivity index (χ0n) is 7.83. The molecule has 0 aliphatic heterocycles. The van der Waals surface area contributed by atoms with Crippen LogP contribution in [0.2, 0.25) is 0 Å². The van der Waals surface area contributed by atoms with E-state index in [1.54, 1.807) is 24.3 Å². The average molecular weight is 208 g/mol. The van der Waals surface area contributed by atoms with Gasteiger partial charge in [-0.25, -0.2) is 0 Å². The molecule has 1 rings (SSSR count). The minimum absolute atomic E-state index is 0.119. The summed E-state index contributed by atoms with van der Waals surface area (Å²) in [4.78, 5) is 11.6. The second-order valence-electron chi connectivity index (χ2n) is 2.93. The van der Waals surface area contributed by atoms with Crippen molar-refractivity contribution in [3.63, 3.8) is 0 Å². The minimum atomic E-state index is -0.496. The highest BCUT2D eigenvalue weighted by molar-refractivity contribution is 6.33. The molecule has 0 bridgehead atoms. The monoisotopic (exact) mass is 207 g/mol. The van der Waals surface area contributed by atoms with E-state index in [0.29, 0.717) is 17.5 Å². The van der Waals surface area contributed by atoms with Gasteiger partial charge in [0, 0.05) is 5.56 Å². The molecular weight excluding hydrogens is 198 g/mol. The van der Waals surface area contributed by atoms with E-state index in [9.17, 15) is 4.79 Å². The Labute approximate surface area is 88.1 Å². The maximum Gasteiger partial charge on any atom is 0.180 e. The van der Waals surface area contributed by atoms with Gasteiger partial charge in [-0.1, -0.05) is 19.1 Å². The van der Waals surface area contributed by atoms with E-state index >= 15 is 0 Å². The van der Waals surface area contributed by atoms with Gasteiger partial charge in [0.25, 0.3) is 0 Å². The van der Waals surface area contributed by atoms with Crippen LogP contribution in [0, 0.1) is 11.3 Å². The summed E-state index contributed by atoms with van der Waals surface area (Å²) in [5.41, 5.74) is 0.988. The second kappa shape index (κ2) is 4.78. The van der Waals surface area contributed by atoms with Crippen LogP contribution < -0.4 is 0 Å². The smallest absolute Gasteiger partial charge is 0.180 e.